The molecule has 2 aromatic heterocycles. The molecule has 0 aliphatic carbocycles. The van der Waals surface area contributed by atoms with Gasteiger partial charge in [-0.05, 0) is 11.6 Å². The van der Waals surface area contributed by atoms with Crippen LogP contribution in [0.1, 0.15) is 5.82 Å². The Labute approximate surface area is 141 Å². The van der Waals surface area contributed by atoms with Gasteiger partial charge in [-0.3, -0.25) is 0 Å². The molecule has 2 heterocycles. The van der Waals surface area contributed by atoms with Crippen LogP contribution in [0.5, 0.6) is 0 Å². The molecule has 0 bridgehead atoms. The van der Waals surface area contributed by atoms with Crippen molar-refractivity contribution in [2.24, 2.45) is 0 Å². The number of nitrogens with zero attached hydrogens (tertiary/aromatic N) is 6. The highest BCUT2D eigenvalue weighted by Gasteiger charge is 2.52. The zero-order chi connectivity index (χ0) is 15.1. The fourth-order valence-corrected chi connectivity index (χ4v) is 1.81. The van der Waals surface area contributed by atoms with E-state index in [2.05, 4.69) is 20.2 Å². The Morgan fingerprint density at radius 1 is 1.20 bits per heavy atom. The smallest absolute Gasteiger partial charge is 0.243 e. The van der Waals surface area contributed by atoms with Crippen LogP contribution in [-0.2, 0) is 4.33 Å². The second-order valence-corrected chi connectivity index (χ2v) is 7.26. The molecule has 20 heavy (non-hydrogen) atoms. The van der Waals surface area contributed by atoms with E-state index in [0.29, 0.717) is 4.68 Å². The summed E-state index contributed by atoms with van der Waals surface area (Å²) in [7, 11) is 0. The van der Waals surface area contributed by atoms with E-state index >= 15 is 0 Å². The highest BCUT2D eigenvalue weighted by Crippen LogP contribution is 2.52. The summed E-state index contributed by atoms with van der Waals surface area (Å²) in [6.45, 7) is 0. The molecular weight excluding hydrogens is 397 g/mol. The molecule has 0 amide bonds. The van der Waals surface area contributed by atoms with Crippen molar-refractivity contribution in [2.45, 2.75) is 8.13 Å². The summed E-state index contributed by atoms with van der Waals surface area (Å²) in [5.41, 5.74) is 0. The van der Waals surface area contributed by atoms with Crippen molar-refractivity contribution in [2.75, 3.05) is 0 Å². The molecule has 0 aromatic carbocycles. The molecule has 0 saturated heterocycles. The average Bonchev–Trinajstić information content (AvgIpc) is 2.95. The summed E-state index contributed by atoms with van der Waals surface area (Å²) in [5, 5.41) is 6.95. The summed E-state index contributed by atoms with van der Waals surface area (Å²) in [5.74, 6) is -0.369. The number of hydrogen-bond acceptors (Lipinski definition) is 5. The van der Waals surface area contributed by atoms with Crippen LogP contribution in [0.25, 0.3) is 0 Å². The number of alkyl halides is 5. The van der Waals surface area contributed by atoms with Crippen LogP contribution in [0, 0.1) is 0 Å². The number of halogens is 6. The third kappa shape index (κ3) is 2.84. The van der Waals surface area contributed by atoms with Crippen LogP contribution in [0.4, 0.5) is 4.79 Å². The Morgan fingerprint density at radius 2 is 1.85 bits per heavy atom. The fraction of sp³-hybridized carbons (Fsp3) is 0.286. The second-order valence-electron chi connectivity index (χ2n) is 3.31. The molecule has 0 aliphatic rings. The quantitative estimate of drug-likeness (QED) is 0.690. The predicted molar refractivity (Wildman–Crippen MR) is 74.9 cm³/mol. The van der Waals surface area contributed by atoms with Crippen molar-refractivity contribution >= 4 is 75.6 Å². The van der Waals surface area contributed by atoms with Crippen molar-refractivity contribution in [3.8, 4) is 0 Å². The van der Waals surface area contributed by atoms with E-state index in [1.165, 1.54) is 0 Å². The molecule has 0 unspecified atom stereocenters. The van der Waals surface area contributed by atoms with Gasteiger partial charge in [0.2, 0.25) is 13.4 Å². The Bertz CT molecular complexity index is 631. The van der Waals surface area contributed by atoms with Crippen molar-refractivity contribution in [3.05, 3.63) is 23.8 Å². The van der Waals surface area contributed by atoms with E-state index in [1.54, 1.807) is 0 Å². The van der Waals surface area contributed by atoms with Crippen molar-refractivity contribution in [1.82, 2.24) is 29.5 Å². The van der Waals surface area contributed by atoms with Gasteiger partial charge in [0.05, 0.1) is 0 Å². The summed E-state index contributed by atoms with van der Waals surface area (Å²) in [6, 6.07) is -0.808. The second kappa shape index (κ2) is 5.47. The van der Waals surface area contributed by atoms with Crippen LogP contribution in [-0.4, -0.2) is 39.4 Å². The van der Waals surface area contributed by atoms with E-state index in [-0.39, 0.29) is 11.1 Å². The Hall–Kier alpha value is -0.310. The highest BCUT2D eigenvalue weighted by atomic mass is 35.6. The standard InChI is InChI=1S/C7H2Cl6N6O/c8-4-16-3(6(9,10)7(11,12)13)19(17-4)5(20)18-2-14-1-15-18/h1-2H. The highest BCUT2D eigenvalue weighted by molar-refractivity contribution is 6.75. The minimum atomic E-state index is -2.19. The molecule has 2 rings (SSSR count). The lowest BCUT2D eigenvalue weighted by atomic mass is 10.4. The van der Waals surface area contributed by atoms with Gasteiger partial charge >= 0.3 is 6.03 Å². The first-order chi connectivity index (χ1) is 9.14. The molecule has 0 saturated carbocycles. The first kappa shape index (κ1) is 16.1. The Balaban J connectivity index is 2.55. The zero-order valence-corrected chi connectivity index (χ0v) is 13.5. The van der Waals surface area contributed by atoms with E-state index in [0.717, 1.165) is 17.3 Å². The van der Waals surface area contributed by atoms with Crippen LogP contribution >= 0.6 is 69.6 Å². The first-order valence-corrected chi connectivity index (χ1v) is 6.88. The maximum Gasteiger partial charge on any atom is 0.372 e. The predicted octanol–water partition coefficient (Wildman–Crippen LogP) is 3.04. The first-order valence-electron chi connectivity index (χ1n) is 4.61. The topological polar surface area (TPSA) is 78.5 Å². The van der Waals surface area contributed by atoms with E-state index < -0.39 is 14.2 Å². The number of hydrogen-bond donors (Lipinski definition) is 0. The molecule has 0 radical (unpaired) electrons. The number of carbonyl (C=O) groups is 1. The molecule has 0 aliphatic heterocycles. The molecular formula is C7H2Cl6N6O. The summed E-state index contributed by atoms with van der Waals surface area (Å²) in [6.07, 6.45) is 2.26. The van der Waals surface area contributed by atoms with Gasteiger partial charge in [-0.25, -0.2) is 9.78 Å². The lowest BCUT2D eigenvalue weighted by Crippen LogP contribution is -2.35. The van der Waals surface area contributed by atoms with Gasteiger partial charge in [0.25, 0.3) is 0 Å². The zero-order valence-electron chi connectivity index (χ0n) is 9.01. The third-order valence-electron chi connectivity index (χ3n) is 2.01. The maximum absolute atomic E-state index is 12.1. The molecule has 7 nitrogen and oxygen atoms in total. The summed E-state index contributed by atoms with van der Waals surface area (Å²) >= 11 is 34.5. The van der Waals surface area contributed by atoms with Gasteiger partial charge in [0.15, 0.2) is 5.82 Å². The van der Waals surface area contributed by atoms with Crippen LogP contribution < -0.4 is 0 Å². The molecule has 108 valence electrons. The van der Waals surface area contributed by atoms with Crippen LogP contribution in [0.3, 0.4) is 0 Å². The van der Waals surface area contributed by atoms with Crippen LogP contribution in [0.15, 0.2) is 12.7 Å². The Morgan fingerprint density at radius 3 is 2.35 bits per heavy atom. The number of carbonyl (C=O) groups excluding carboxylic acids is 1. The summed E-state index contributed by atoms with van der Waals surface area (Å²) < 4.78 is -2.85. The van der Waals surface area contributed by atoms with Crippen molar-refractivity contribution in [3.63, 3.8) is 0 Å². The van der Waals surface area contributed by atoms with Gasteiger partial charge in [0, 0.05) is 0 Å². The molecule has 0 atom stereocenters. The van der Waals surface area contributed by atoms with Gasteiger partial charge in [0.1, 0.15) is 12.7 Å². The minimum Gasteiger partial charge on any atom is -0.243 e. The van der Waals surface area contributed by atoms with Gasteiger partial charge < -0.3 is 0 Å². The van der Waals surface area contributed by atoms with E-state index in [1.807, 2.05) is 0 Å². The molecule has 2 aromatic rings. The fourth-order valence-electron chi connectivity index (χ4n) is 1.15. The Kier molecular flexibility index (Phi) is 4.40. The monoisotopic (exact) mass is 396 g/mol. The molecule has 13 heteroatoms. The SMILES string of the molecule is O=C(n1cncn1)n1nc(Cl)nc1C(Cl)(Cl)C(Cl)(Cl)Cl. The number of rotatable bonds is 1. The third-order valence-corrected chi connectivity index (χ3v) is 4.51. The average molecular weight is 399 g/mol. The maximum atomic E-state index is 12.1. The van der Waals surface area contributed by atoms with Crippen molar-refractivity contribution in [1.29, 1.82) is 0 Å². The lowest BCUT2D eigenvalue weighted by Gasteiger charge is -2.25. The van der Waals surface area contributed by atoms with Gasteiger partial charge in [-0.15, -0.1) is 5.10 Å². The lowest BCUT2D eigenvalue weighted by molar-refractivity contribution is 0.237. The summed E-state index contributed by atoms with van der Waals surface area (Å²) in [4.78, 5) is 19.4. The normalized spacial score (nSPS) is 12.7. The van der Waals surface area contributed by atoms with Crippen molar-refractivity contribution < 1.29 is 4.79 Å². The molecule has 0 spiro atoms. The largest absolute Gasteiger partial charge is 0.372 e. The van der Waals surface area contributed by atoms with Crippen LogP contribution in [0.2, 0.25) is 5.28 Å². The number of aromatic nitrogens is 6. The minimum absolute atomic E-state index is 0.312. The van der Waals surface area contributed by atoms with Gasteiger partial charge in [-0.1, -0.05) is 58.0 Å². The van der Waals surface area contributed by atoms with E-state index in [4.69, 9.17) is 69.6 Å². The van der Waals surface area contributed by atoms with E-state index in [9.17, 15) is 4.79 Å². The molecule has 0 fully saturated rings. The van der Waals surface area contributed by atoms with Gasteiger partial charge in [-0.2, -0.15) is 19.4 Å². The molecule has 0 N–H and O–H groups in total.